The second kappa shape index (κ2) is 5.31. The Hall–Kier alpha value is -0.460. The Morgan fingerprint density at radius 2 is 1.85 bits per heavy atom. The molecule has 78 valence electrons. The van der Waals surface area contributed by atoms with Gasteiger partial charge in [-0.15, -0.1) is 0 Å². The first kappa shape index (κ1) is 12.5. The number of carbonyl (C=O) groups is 1. The molecule has 1 saturated heterocycles. The number of carboxylic acids is 1. The topological polar surface area (TPSA) is 127 Å². The van der Waals surface area contributed by atoms with Crippen molar-refractivity contribution in [2.75, 3.05) is 6.54 Å². The summed E-state index contributed by atoms with van der Waals surface area (Å²) in [6, 6.07) is -0.269. The first-order chi connectivity index (χ1) is 5.80. The third-order valence-electron chi connectivity index (χ3n) is 1.36. The van der Waals surface area contributed by atoms with Crippen molar-refractivity contribution in [2.45, 2.75) is 18.9 Å². The lowest BCUT2D eigenvalue weighted by atomic mass is 10.2. The molecule has 5 N–H and O–H groups in total. The fourth-order valence-electron chi connectivity index (χ4n) is 0.895. The highest BCUT2D eigenvalue weighted by atomic mass is 31.2. The monoisotopic (exact) mass is 213 g/mol. The molecule has 7 nitrogen and oxygen atoms in total. The number of nitrogens with one attached hydrogen (secondary N) is 1. The quantitative estimate of drug-likeness (QED) is 0.349. The van der Waals surface area contributed by atoms with E-state index in [0.717, 1.165) is 19.4 Å². The lowest BCUT2D eigenvalue weighted by molar-refractivity contribution is -0.139. The zero-order chi connectivity index (χ0) is 10.5. The summed E-state index contributed by atoms with van der Waals surface area (Å²) in [6.45, 7) is 0.858. The Balaban J connectivity index is 0.000000252. The maximum absolute atomic E-state index is 10.1. The zero-order valence-electron chi connectivity index (χ0n) is 6.75. The lowest BCUT2D eigenvalue weighted by Gasteiger charge is -1.99. The number of phosphoric acid groups is 1. The Morgan fingerprint density at radius 3 is 2.00 bits per heavy atom. The van der Waals surface area contributed by atoms with E-state index in [-0.39, 0.29) is 6.04 Å². The van der Waals surface area contributed by atoms with E-state index in [1.165, 1.54) is 0 Å². The molecule has 0 spiro atoms. The van der Waals surface area contributed by atoms with Gasteiger partial charge in [0.1, 0.15) is 6.04 Å². The molecule has 0 aromatic rings. The van der Waals surface area contributed by atoms with Crippen LogP contribution in [-0.4, -0.2) is 38.3 Å². The summed E-state index contributed by atoms with van der Waals surface area (Å²) in [5.74, 6) is -0.720. The number of hydrogen-bond acceptors (Lipinski definition) is 3. The van der Waals surface area contributed by atoms with Crippen molar-refractivity contribution in [3.05, 3.63) is 0 Å². The molecule has 1 aliphatic rings. The van der Waals surface area contributed by atoms with Crippen molar-refractivity contribution in [1.82, 2.24) is 5.32 Å². The van der Waals surface area contributed by atoms with Crippen LogP contribution in [0.4, 0.5) is 0 Å². The molecule has 0 saturated carbocycles. The van der Waals surface area contributed by atoms with Gasteiger partial charge in [0, 0.05) is 0 Å². The summed E-state index contributed by atoms with van der Waals surface area (Å²) in [7, 11) is -4.64. The molecular formula is C5H12NO6P. The Bertz CT molecular complexity index is 199. The van der Waals surface area contributed by atoms with Crippen molar-refractivity contribution in [1.29, 1.82) is 0 Å². The van der Waals surface area contributed by atoms with Crippen molar-refractivity contribution in [2.24, 2.45) is 0 Å². The standard InChI is InChI=1S/C5H9NO2.H3O4P/c7-5(8)4-2-1-3-6-4;1-5(2,3)4/h4,6H,1-3H2,(H,7,8);(H3,1,2,3,4)/t4-;/m0./s1. The molecule has 0 aliphatic carbocycles. The number of hydrogen-bond donors (Lipinski definition) is 5. The van der Waals surface area contributed by atoms with Crippen LogP contribution in [-0.2, 0) is 9.36 Å². The first-order valence-electron chi connectivity index (χ1n) is 3.55. The summed E-state index contributed by atoms with van der Waals surface area (Å²) in [5, 5.41) is 11.2. The zero-order valence-corrected chi connectivity index (χ0v) is 7.65. The molecule has 0 radical (unpaired) electrons. The molecule has 1 rings (SSSR count). The van der Waals surface area contributed by atoms with Crippen LogP contribution in [0, 0.1) is 0 Å². The van der Waals surface area contributed by atoms with Crippen LogP contribution in [0.15, 0.2) is 0 Å². The predicted molar refractivity (Wildman–Crippen MR) is 42.9 cm³/mol. The molecule has 1 atom stereocenters. The highest BCUT2D eigenvalue weighted by Gasteiger charge is 2.20. The minimum atomic E-state index is -4.64. The number of aliphatic carboxylic acids is 1. The minimum absolute atomic E-state index is 0.269. The van der Waals surface area contributed by atoms with E-state index in [0.29, 0.717) is 0 Å². The van der Waals surface area contributed by atoms with E-state index < -0.39 is 13.8 Å². The first-order valence-corrected chi connectivity index (χ1v) is 5.11. The second-order valence-electron chi connectivity index (χ2n) is 2.50. The molecule has 1 fully saturated rings. The Morgan fingerprint density at radius 1 is 1.38 bits per heavy atom. The Kier molecular flexibility index (Phi) is 5.12. The Labute approximate surface area is 74.6 Å². The predicted octanol–water partition coefficient (Wildman–Crippen LogP) is -1.11. The van der Waals surface area contributed by atoms with E-state index in [4.69, 9.17) is 24.4 Å². The third-order valence-corrected chi connectivity index (χ3v) is 1.36. The molecule has 0 unspecified atom stereocenters. The van der Waals surface area contributed by atoms with Crippen LogP contribution in [0.25, 0.3) is 0 Å². The maximum atomic E-state index is 10.1. The van der Waals surface area contributed by atoms with Gasteiger partial charge in [0.2, 0.25) is 0 Å². The lowest BCUT2D eigenvalue weighted by Crippen LogP contribution is -2.29. The fraction of sp³-hybridized carbons (Fsp3) is 0.800. The van der Waals surface area contributed by atoms with Crippen LogP contribution in [0.2, 0.25) is 0 Å². The molecule has 8 heteroatoms. The molecule has 1 aliphatic heterocycles. The number of carboxylic acid groups (broad SMARTS) is 1. The van der Waals surface area contributed by atoms with E-state index >= 15 is 0 Å². The van der Waals surface area contributed by atoms with Crippen LogP contribution in [0.3, 0.4) is 0 Å². The minimum Gasteiger partial charge on any atom is -0.480 e. The van der Waals surface area contributed by atoms with Crippen molar-refractivity contribution >= 4 is 13.8 Å². The third kappa shape index (κ3) is 9.45. The fourth-order valence-corrected chi connectivity index (χ4v) is 0.895. The maximum Gasteiger partial charge on any atom is 0.466 e. The number of rotatable bonds is 1. The largest absolute Gasteiger partial charge is 0.480 e. The van der Waals surface area contributed by atoms with E-state index in [1.54, 1.807) is 0 Å². The van der Waals surface area contributed by atoms with Crippen molar-refractivity contribution in [3.63, 3.8) is 0 Å². The highest BCUT2D eigenvalue weighted by molar-refractivity contribution is 7.45. The smallest absolute Gasteiger partial charge is 0.466 e. The van der Waals surface area contributed by atoms with Gasteiger partial charge < -0.3 is 25.1 Å². The summed E-state index contributed by atoms with van der Waals surface area (Å²) >= 11 is 0. The van der Waals surface area contributed by atoms with E-state index in [9.17, 15) is 4.79 Å². The molecule has 0 aromatic heterocycles. The van der Waals surface area contributed by atoms with Gasteiger partial charge in [-0.3, -0.25) is 4.79 Å². The summed E-state index contributed by atoms with van der Waals surface area (Å²) in [6.07, 6.45) is 1.78. The van der Waals surface area contributed by atoms with Crippen LogP contribution in [0.5, 0.6) is 0 Å². The summed E-state index contributed by atoms with van der Waals surface area (Å²) < 4.78 is 8.88. The second-order valence-corrected chi connectivity index (χ2v) is 3.53. The van der Waals surface area contributed by atoms with Crippen LogP contribution >= 0.6 is 7.82 Å². The van der Waals surface area contributed by atoms with Crippen LogP contribution in [0.1, 0.15) is 12.8 Å². The highest BCUT2D eigenvalue weighted by Crippen LogP contribution is 2.25. The average Bonchev–Trinajstić information content (AvgIpc) is 2.31. The molecule has 0 amide bonds. The van der Waals surface area contributed by atoms with Gasteiger partial charge in [-0.05, 0) is 19.4 Å². The van der Waals surface area contributed by atoms with Gasteiger partial charge in [-0.2, -0.15) is 0 Å². The summed E-state index contributed by atoms with van der Waals surface area (Å²) in [5.41, 5.74) is 0. The average molecular weight is 213 g/mol. The molecular weight excluding hydrogens is 201 g/mol. The van der Waals surface area contributed by atoms with Gasteiger partial charge >= 0.3 is 13.8 Å². The molecule has 0 aromatic carbocycles. The molecule has 13 heavy (non-hydrogen) atoms. The van der Waals surface area contributed by atoms with Gasteiger partial charge in [-0.25, -0.2) is 4.57 Å². The molecule has 0 bridgehead atoms. The van der Waals surface area contributed by atoms with Gasteiger partial charge in [0.25, 0.3) is 0 Å². The van der Waals surface area contributed by atoms with Gasteiger partial charge in [0.05, 0.1) is 0 Å². The van der Waals surface area contributed by atoms with Gasteiger partial charge in [0.15, 0.2) is 0 Å². The van der Waals surface area contributed by atoms with E-state index in [1.807, 2.05) is 0 Å². The van der Waals surface area contributed by atoms with Crippen molar-refractivity contribution in [3.8, 4) is 0 Å². The summed E-state index contributed by atoms with van der Waals surface area (Å²) in [4.78, 5) is 31.7. The van der Waals surface area contributed by atoms with Gasteiger partial charge in [-0.1, -0.05) is 0 Å². The van der Waals surface area contributed by atoms with Crippen LogP contribution < -0.4 is 5.32 Å². The van der Waals surface area contributed by atoms with E-state index in [2.05, 4.69) is 5.32 Å². The molecule has 1 heterocycles. The SMILES string of the molecule is O=C(O)[C@@H]1CCCN1.O=P(O)(O)O. The normalized spacial score (nSPS) is 21.9. The van der Waals surface area contributed by atoms with Crippen molar-refractivity contribution < 1.29 is 29.1 Å².